The molecule has 0 aromatic heterocycles. The second kappa shape index (κ2) is 8.90. The van der Waals surface area contributed by atoms with Crippen LogP contribution in [0.2, 0.25) is 0 Å². The number of hydrogen-bond donors (Lipinski definition) is 2. The fraction of sp³-hybridized carbons (Fsp3) is 0.174. The molecule has 138 valence electrons. The van der Waals surface area contributed by atoms with Crippen molar-refractivity contribution in [1.82, 2.24) is 0 Å². The zero-order valence-electron chi connectivity index (χ0n) is 15.7. The molecule has 0 heterocycles. The molecule has 27 heavy (non-hydrogen) atoms. The molecule has 3 rings (SSSR count). The Labute approximate surface area is 160 Å². The van der Waals surface area contributed by atoms with Crippen molar-refractivity contribution in [3.63, 3.8) is 0 Å². The molecule has 0 saturated heterocycles. The third kappa shape index (κ3) is 5.35. The lowest BCUT2D eigenvalue weighted by atomic mass is 10.1. The molecule has 4 heteroatoms. The minimum atomic E-state index is -0.0958. The molecule has 2 N–H and O–H groups in total. The largest absolute Gasteiger partial charge is 0.487 e. The standard InChI is InChI=1S/C23H24N2O2/c1-17-12-13-18(2)21(14-17)25-23(26)15-24-20-10-6-7-11-22(20)27-16-19-8-4-3-5-9-19/h3-14,24H,15-16H2,1-2H3,(H,25,26). The predicted octanol–water partition coefficient (Wildman–Crippen LogP) is 4.93. The summed E-state index contributed by atoms with van der Waals surface area (Å²) in [6, 6.07) is 23.6. The first kappa shape index (κ1) is 18.5. The Balaban J connectivity index is 1.59. The predicted molar refractivity (Wildman–Crippen MR) is 110 cm³/mol. The van der Waals surface area contributed by atoms with Crippen molar-refractivity contribution in [2.24, 2.45) is 0 Å². The summed E-state index contributed by atoms with van der Waals surface area (Å²) in [7, 11) is 0. The van der Waals surface area contributed by atoms with Gasteiger partial charge in [0.1, 0.15) is 12.4 Å². The molecule has 0 fully saturated rings. The van der Waals surface area contributed by atoms with Gasteiger partial charge in [0.2, 0.25) is 5.91 Å². The van der Waals surface area contributed by atoms with Gasteiger partial charge in [-0.05, 0) is 48.7 Å². The third-order valence-corrected chi connectivity index (χ3v) is 4.23. The summed E-state index contributed by atoms with van der Waals surface area (Å²) in [4.78, 5) is 12.3. The highest BCUT2D eigenvalue weighted by molar-refractivity contribution is 5.94. The fourth-order valence-corrected chi connectivity index (χ4v) is 2.71. The van der Waals surface area contributed by atoms with Crippen LogP contribution in [0.4, 0.5) is 11.4 Å². The maximum atomic E-state index is 12.3. The Hall–Kier alpha value is -3.27. The third-order valence-electron chi connectivity index (χ3n) is 4.23. The number of anilines is 2. The van der Waals surface area contributed by atoms with Crippen molar-refractivity contribution in [3.05, 3.63) is 89.5 Å². The number of para-hydroxylation sites is 2. The van der Waals surface area contributed by atoms with E-state index in [9.17, 15) is 4.79 Å². The van der Waals surface area contributed by atoms with Crippen LogP contribution in [0.25, 0.3) is 0 Å². The molecule has 0 saturated carbocycles. The number of carbonyl (C=O) groups is 1. The first-order valence-corrected chi connectivity index (χ1v) is 8.98. The van der Waals surface area contributed by atoms with Gasteiger partial charge in [0, 0.05) is 5.69 Å². The van der Waals surface area contributed by atoms with Crippen LogP contribution >= 0.6 is 0 Å². The number of nitrogens with one attached hydrogen (secondary N) is 2. The van der Waals surface area contributed by atoms with E-state index in [0.29, 0.717) is 6.61 Å². The number of carbonyl (C=O) groups excluding carboxylic acids is 1. The maximum Gasteiger partial charge on any atom is 0.243 e. The van der Waals surface area contributed by atoms with Crippen LogP contribution in [0.5, 0.6) is 5.75 Å². The summed E-state index contributed by atoms with van der Waals surface area (Å²) >= 11 is 0. The molecule has 0 aliphatic heterocycles. The van der Waals surface area contributed by atoms with Crippen molar-refractivity contribution >= 4 is 17.3 Å². The zero-order valence-corrected chi connectivity index (χ0v) is 15.7. The van der Waals surface area contributed by atoms with Gasteiger partial charge >= 0.3 is 0 Å². The van der Waals surface area contributed by atoms with Crippen molar-refractivity contribution in [1.29, 1.82) is 0 Å². The quantitative estimate of drug-likeness (QED) is 0.628. The Kier molecular flexibility index (Phi) is 6.10. The Bertz CT molecular complexity index is 907. The van der Waals surface area contributed by atoms with E-state index >= 15 is 0 Å². The van der Waals surface area contributed by atoms with Gasteiger partial charge < -0.3 is 15.4 Å². The molecule has 3 aromatic rings. The highest BCUT2D eigenvalue weighted by atomic mass is 16.5. The molecule has 0 spiro atoms. The van der Waals surface area contributed by atoms with Crippen molar-refractivity contribution in [3.8, 4) is 5.75 Å². The van der Waals surface area contributed by atoms with Gasteiger partial charge in [0.25, 0.3) is 0 Å². The van der Waals surface area contributed by atoms with Crippen LogP contribution in [0, 0.1) is 13.8 Å². The second-order valence-electron chi connectivity index (χ2n) is 6.49. The van der Waals surface area contributed by atoms with Crippen LogP contribution in [0.1, 0.15) is 16.7 Å². The Morgan fingerprint density at radius 2 is 1.63 bits per heavy atom. The van der Waals surface area contributed by atoms with Crippen molar-refractivity contribution in [2.75, 3.05) is 17.2 Å². The molecule has 0 atom stereocenters. The van der Waals surface area contributed by atoms with Crippen LogP contribution < -0.4 is 15.4 Å². The summed E-state index contributed by atoms with van der Waals surface area (Å²) in [6.07, 6.45) is 0. The molecule has 3 aromatic carbocycles. The summed E-state index contributed by atoms with van der Waals surface area (Å²) < 4.78 is 5.91. The van der Waals surface area contributed by atoms with E-state index in [4.69, 9.17) is 4.74 Å². The van der Waals surface area contributed by atoms with Crippen LogP contribution in [-0.2, 0) is 11.4 Å². The molecule has 0 radical (unpaired) electrons. The highest BCUT2D eigenvalue weighted by Gasteiger charge is 2.08. The minimum absolute atomic E-state index is 0.0958. The van der Waals surface area contributed by atoms with Crippen molar-refractivity contribution < 1.29 is 9.53 Å². The number of aryl methyl sites for hydroxylation is 2. The summed E-state index contributed by atoms with van der Waals surface area (Å²) in [5.41, 5.74) is 4.89. The first-order chi connectivity index (χ1) is 13.1. The molecule has 0 aliphatic rings. The molecular formula is C23H24N2O2. The Morgan fingerprint density at radius 1 is 0.889 bits per heavy atom. The molecule has 0 unspecified atom stereocenters. The topological polar surface area (TPSA) is 50.4 Å². The van der Waals surface area contributed by atoms with E-state index in [-0.39, 0.29) is 12.5 Å². The van der Waals surface area contributed by atoms with Gasteiger partial charge in [-0.2, -0.15) is 0 Å². The lowest BCUT2D eigenvalue weighted by molar-refractivity contribution is -0.114. The van der Waals surface area contributed by atoms with Gasteiger partial charge in [0.05, 0.1) is 12.2 Å². The number of ether oxygens (including phenoxy) is 1. The van der Waals surface area contributed by atoms with Crippen LogP contribution in [0.3, 0.4) is 0 Å². The van der Waals surface area contributed by atoms with Gasteiger partial charge in [-0.15, -0.1) is 0 Å². The number of rotatable bonds is 7. The SMILES string of the molecule is Cc1ccc(C)c(NC(=O)CNc2ccccc2OCc2ccccc2)c1. The monoisotopic (exact) mass is 360 g/mol. The number of amides is 1. The van der Waals surface area contributed by atoms with Gasteiger partial charge in [0.15, 0.2) is 0 Å². The second-order valence-corrected chi connectivity index (χ2v) is 6.49. The maximum absolute atomic E-state index is 12.3. The van der Waals surface area contributed by atoms with E-state index in [2.05, 4.69) is 10.6 Å². The lowest BCUT2D eigenvalue weighted by Gasteiger charge is -2.14. The van der Waals surface area contributed by atoms with E-state index in [1.807, 2.05) is 86.6 Å². The Morgan fingerprint density at radius 3 is 2.44 bits per heavy atom. The lowest BCUT2D eigenvalue weighted by Crippen LogP contribution is -2.22. The molecular weight excluding hydrogens is 336 g/mol. The normalized spacial score (nSPS) is 10.3. The summed E-state index contributed by atoms with van der Waals surface area (Å²) in [6.45, 7) is 4.64. The average molecular weight is 360 g/mol. The van der Waals surface area contributed by atoms with Crippen molar-refractivity contribution in [2.45, 2.75) is 20.5 Å². The van der Waals surface area contributed by atoms with Gasteiger partial charge in [-0.1, -0.05) is 54.6 Å². The van der Waals surface area contributed by atoms with Crippen LogP contribution in [0.15, 0.2) is 72.8 Å². The minimum Gasteiger partial charge on any atom is -0.487 e. The zero-order chi connectivity index (χ0) is 19.1. The van der Waals surface area contributed by atoms with E-state index in [1.54, 1.807) is 0 Å². The van der Waals surface area contributed by atoms with E-state index in [1.165, 1.54) is 0 Å². The van der Waals surface area contributed by atoms with Crippen LogP contribution in [-0.4, -0.2) is 12.5 Å². The first-order valence-electron chi connectivity index (χ1n) is 8.98. The van der Waals surface area contributed by atoms with E-state index in [0.717, 1.165) is 33.8 Å². The number of hydrogen-bond acceptors (Lipinski definition) is 3. The number of benzene rings is 3. The molecule has 0 aliphatic carbocycles. The smallest absolute Gasteiger partial charge is 0.243 e. The van der Waals surface area contributed by atoms with Gasteiger partial charge in [-0.25, -0.2) is 0 Å². The fourth-order valence-electron chi connectivity index (χ4n) is 2.71. The molecule has 1 amide bonds. The molecule has 0 bridgehead atoms. The average Bonchev–Trinajstić information content (AvgIpc) is 2.69. The molecule has 4 nitrogen and oxygen atoms in total. The summed E-state index contributed by atoms with van der Waals surface area (Å²) in [5, 5.41) is 6.12. The summed E-state index contributed by atoms with van der Waals surface area (Å²) in [5.74, 6) is 0.627. The highest BCUT2D eigenvalue weighted by Crippen LogP contribution is 2.24. The van der Waals surface area contributed by atoms with E-state index < -0.39 is 0 Å². The van der Waals surface area contributed by atoms with Gasteiger partial charge in [-0.3, -0.25) is 4.79 Å².